The van der Waals surface area contributed by atoms with Crippen molar-refractivity contribution in [2.24, 2.45) is 0 Å². The Hall–Kier alpha value is -2.35. The van der Waals surface area contributed by atoms with Crippen molar-refractivity contribution in [1.82, 2.24) is 4.98 Å². The highest BCUT2D eigenvalue weighted by molar-refractivity contribution is 9.09. The van der Waals surface area contributed by atoms with Gasteiger partial charge < -0.3 is 9.72 Å². The summed E-state index contributed by atoms with van der Waals surface area (Å²) in [7, 11) is 1.34. The van der Waals surface area contributed by atoms with E-state index in [2.05, 4.69) is 20.9 Å². The van der Waals surface area contributed by atoms with Crippen molar-refractivity contribution in [2.45, 2.75) is 17.9 Å². The van der Waals surface area contributed by atoms with Gasteiger partial charge in [-0.2, -0.15) is 13.2 Å². The number of benzene rings is 2. The van der Waals surface area contributed by atoms with Crippen molar-refractivity contribution in [3.05, 3.63) is 64.6 Å². The van der Waals surface area contributed by atoms with Crippen molar-refractivity contribution >= 4 is 32.6 Å². The second kappa shape index (κ2) is 6.99. The number of aromatic nitrogens is 1. The van der Waals surface area contributed by atoms with E-state index in [1.165, 1.54) is 32.4 Å². The lowest BCUT2D eigenvalue weighted by molar-refractivity contribution is -0.137. The molecule has 0 aliphatic heterocycles. The topological polar surface area (TPSA) is 42.1 Å². The lowest BCUT2D eigenvalue weighted by Gasteiger charge is -2.14. The largest absolute Gasteiger partial charge is 0.496 e. The van der Waals surface area contributed by atoms with Gasteiger partial charge in [0, 0.05) is 34.3 Å². The molecule has 0 amide bonds. The van der Waals surface area contributed by atoms with Gasteiger partial charge in [0.05, 0.1) is 12.7 Å². The van der Waals surface area contributed by atoms with Gasteiger partial charge in [0.1, 0.15) is 16.4 Å². The van der Waals surface area contributed by atoms with Crippen LogP contribution in [0.4, 0.5) is 17.6 Å². The standard InChI is InChI=1S/C19H14BrF4NO2/c1-9-5-10(19(22,23)24)6-13-14(8-25-17(9)13)18(26)16(20)12-4-3-11(21)7-15(12)27-2/h3-8,16,25H,1-2H3. The number of methoxy groups -OCH3 is 1. The Labute approximate surface area is 160 Å². The molecule has 1 N–H and O–H groups in total. The molecule has 3 nitrogen and oxygen atoms in total. The number of ether oxygens (including phenoxy) is 1. The molecular formula is C19H14BrF4NO2. The third kappa shape index (κ3) is 3.58. The van der Waals surface area contributed by atoms with Gasteiger partial charge in [-0.25, -0.2) is 4.39 Å². The lowest BCUT2D eigenvalue weighted by atomic mass is 9.99. The molecule has 0 aliphatic carbocycles. The predicted octanol–water partition coefficient (Wildman–Crippen LogP) is 5.96. The Morgan fingerprint density at radius 3 is 2.56 bits per heavy atom. The lowest BCUT2D eigenvalue weighted by Crippen LogP contribution is -2.09. The van der Waals surface area contributed by atoms with Gasteiger partial charge in [0.15, 0.2) is 5.78 Å². The van der Waals surface area contributed by atoms with Gasteiger partial charge in [-0.05, 0) is 30.7 Å². The van der Waals surface area contributed by atoms with Gasteiger partial charge in [-0.1, -0.05) is 22.0 Å². The summed E-state index contributed by atoms with van der Waals surface area (Å²) in [5.41, 5.74) is 0.488. The van der Waals surface area contributed by atoms with Crippen molar-refractivity contribution < 1.29 is 27.1 Å². The highest BCUT2D eigenvalue weighted by Crippen LogP contribution is 2.38. The summed E-state index contributed by atoms with van der Waals surface area (Å²) in [6, 6.07) is 5.70. The molecule has 0 fully saturated rings. The van der Waals surface area contributed by atoms with Gasteiger partial charge >= 0.3 is 6.18 Å². The number of rotatable bonds is 4. The summed E-state index contributed by atoms with van der Waals surface area (Å²) in [6.07, 6.45) is -3.14. The molecule has 3 rings (SSSR count). The third-order valence-corrected chi connectivity index (χ3v) is 5.19. The van der Waals surface area contributed by atoms with Crippen LogP contribution in [0.5, 0.6) is 5.75 Å². The number of nitrogens with one attached hydrogen (secondary N) is 1. The summed E-state index contributed by atoms with van der Waals surface area (Å²) in [4.78, 5) is 14.9. The van der Waals surface area contributed by atoms with Gasteiger partial charge in [0.2, 0.25) is 0 Å². The molecule has 0 bridgehead atoms. The first-order valence-corrected chi connectivity index (χ1v) is 8.75. The number of Topliss-reactive ketones (excluding diaryl/α,β-unsaturated/α-hetero) is 1. The van der Waals surface area contributed by atoms with Crippen LogP contribution in [0.2, 0.25) is 0 Å². The molecule has 0 aliphatic rings. The highest BCUT2D eigenvalue weighted by Gasteiger charge is 2.32. The highest BCUT2D eigenvalue weighted by atomic mass is 79.9. The molecule has 0 saturated heterocycles. The number of ketones is 1. The van der Waals surface area contributed by atoms with Crippen molar-refractivity contribution in [3.63, 3.8) is 0 Å². The number of aryl methyl sites for hydroxylation is 1. The Morgan fingerprint density at radius 2 is 1.93 bits per heavy atom. The normalized spacial score (nSPS) is 13.0. The second-order valence-electron chi connectivity index (χ2n) is 6.03. The van der Waals surface area contributed by atoms with Crippen LogP contribution in [0.1, 0.15) is 31.9 Å². The SMILES string of the molecule is COc1cc(F)ccc1C(Br)C(=O)c1c[nH]c2c(C)cc(C(F)(F)F)cc12. The molecule has 0 spiro atoms. The molecule has 0 saturated carbocycles. The molecule has 1 aromatic heterocycles. The summed E-state index contributed by atoms with van der Waals surface area (Å²) in [6.45, 7) is 1.54. The maximum atomic E-state index is 13.4. The number of carbonyl (C=O) groups is 1. The summed E-state index contributed by atoms with van der Waals surface area (Å²) >= 11 is 3.26. The maximum Gasteiger partial charge on any atom is 0.416 e. The van der Waals surface area contributed by atoms with Crippen LogP contribution >= 0.6 is 15.9 Å². The quantitative estimate of drug-likeness (QED) is 0.307. The van der Waals surface area contributed by atoms with E-state index in [4.69, 9.17) is 4.74 Å². The number of carbonyl (C=O) groups excluding carboxylic acids is 1. The molecule has 0 radical (unpaired) electrons. The van der Waals surface area contributed by atoms with Crippen molar-refractivity contribution in [1.29, 1.82) is 0 Å². The molecule has 1 heterocycles. The Balaban J connectivity index is 2.09. The van der Waals surface area contributed by atoms with Crippen molar-refractivity contribution in [2.75, 3.05) is 7.11 Å². The van der Waals surface area contributed by atoms with E-state index in [0.717, 1.165) is 18.2 Å². The van der Waals surface area contributed by atoms with Crippen LogP contribution in [0.15, 0.2) is 36.5 Å². The summed E-state index contributed by atoms with van der Waals surface area (Å²) < 4.78 is 57.9. The van der Waals surface area contributed by atoms with Crippen LogP contribution in [0, 0.1) is 12.7 Å². The van der Waals surface area contributed by atoms with Crippen molar-refractivity contribution in [3.8, 4) is 5.75 Å². The third-order valence-electron chi connectivity index (χ3n) is 4.28. The molecule has 27 heavy (non-hydrogen) atoms. The zero-order valence-electron chi connectivity index (χ0n) is 14.2. The number of aromatic amines is 1. The zero-order chi connectivity index (χ0) is 19.9. The van der Waals surface area contributed by atoms with E-state index in [0.29, 0.717) is 16.6 Å². The molecular weight excluding hydrogens is 430 g/mol. The first kappa shape index (κ1) is 19.4. The van der Waals surface area contributed by atoms with E-state index in [9.17, 15) is 22.4 Å². The molecule has 142 valence electrons. The smallest absolute Gasteiger partial charge is 0.416 e. The molecule has 3 aromatic rings. The molecule has 2 aromatic carbocycles. The first-order chi connectivity index (χ1) is 12.6. The Bertz CT molecular complexity index is 1030. The van der Waals surface area contributed by atoms with Crippen LogP contribution in [-0.4, -0.2) is 17.9 Å². The average molecular weight is 444 g/mol. The minimum atomic E-state index is -4.52. The van der Waals surface area contributed by atoms with Crippen LogP contribution in [-0.2, 0) is 6.18 Å². The zero-order valence-corrected chi connectivity index (χ0v) is 15.8. The van der Waals surface area contributed by atoms with Gasteiger partial charge in [-0.3, -0.25) is 4.79 Å². The Morgan fingerprint density at radius 1 is 1.22 bits per heavy atom. The fourth-order valence-corrected chi connectivity index (χ4v) is 3.58. The minimum Gasteiger partial charge on any atom is -0.496 e. The molecule has 8 heteroatoms. The predicted molar refractivity (Wildman–Crippen MR) is 97.0 cm³/mol. The van der Waals surface area contributed by atoms with E-state index >= 15 is 0 Å². The van der Waals surface area contributed by atoms with Gasteiger partial charge in [-0.15, -0.1) is 0 Å². The fraction of sp³-hybridized carbons (Fsp3) is 0.211. The molecule has 1 atom stereocenters. The Kier molecular flexibility index (Phi) is 5.03. The van der Waals surface area contributed by atoms with Crippen LogP contribution in [0.25, 0.3) is 10.9 Å². The summed E-state index contributed by atoms with van der Waals surface area (Å²) in [5, 5.41) is 0.179. The maximum absolute atomic E-state index is 13.4. The number of H-pyrrole nitrogens is 1. The van der Waals surface area contributed by atoms with E-state index in [-0.39, 0.29) is 16.7 Å². The van der Waals surface area contributed by atoms with E-state index in [1.807, 2.05) is 0 Å². The van der Waals surface area contributed by atoms with E-state index in [1.54, 1.807) is 0 Å². The number of halogens is 5. The van der Waals surface area contributed by atoms with Crippen LogP contribution in [0.3, 0.4) is 0 Å². The fourth-order valence-electron chi connectivity index (χ4n) is 2.95. The number of alkyl halides is 4. The van der Waals surface area contributed by atoms with Gasteiger partial charge in [0.25, 0.3) is 0 Å². The monoisotopic (exact) mass is 443 g/mol. The minimum absolute atomic E-state index is 0.104. The van der Waals surface area contributed by atoms with E-state index < -0.39 is 28.2 Å². The average Bonchev–Trinajstić information content (AvgIpc) is 3.04. The number of hydrogen-bond acceptors (Lipinski definition) is 2. The summed E-state index contributed by atoms with van der Waals surface area (Å²) in [5.74, 6) is -0.831. The second-order valence-corrected chi connectivity index (χ2v) is 6.94. The number of hydrogen-bond donors (Lipinski definition) is 1. The number of fused-ring (bicyclic) bond motifs is 1. The molecule has 1 unspecified atom stereocenters. The first-order valence-electron chi connectivity index (χ1n) is 7.84. The van der Waals surface area contributed by atoms with Crippen LogP contribution < -0.4 is 4.74 Å².